The summed E-state index contributed by atoms with van der Waals surface area (Å²) in [6.07, 6.45) is 0.847. The van der Waals surface area contributed by atoms with Crippen LogP contribution in [0, 0.1) is 12.7 Å². The summed E-state index contributed by atoms with van der Waals surface area (Å²) in [5, 5.41) is 0. The van der Waals surface area contributed by atoms with Gasteiger partial charge in [0.05, 0.1) is 0 Å². The van der Waals surface area contributed by atoms with Crippen LogP contribution in [0.5, 0.6) is 11.5 Å². The van der Waals surface area contributed by atoms with Gasteiger partial charge in [-0.15, -0.1) is 0 Å². The van der Waals surface area contributed by atoms with E-state index in [9.17, 15) is 4.39 Å². The molecule has 0 bridgehead atoms. The fourth-order valence-electron chi connectivity index (χ4n) is 1.70. The number of hydrogen-bond acceptors (Lipinski definition) is 2. The van der Waals surface area contributed by atoms with Crippen LogP contribution in [-0.2, 0) is 6.42 Å². The molecule has 0 aliphatic heterocycles. The van der Waals surface area contributed by atoms with Crippen LogP contribution in [-0.4, -0.2) is 6.54 Å². The third-order valence-corrected chi connectivity index (χ3v) is 2.73. The van der Waals surface area contributed by atoms with Crippen LogP contribution in [0.15, 0.2) is 42.5 Å². The van der Waals surface area contributed by atoms with Crippen molar-refractivity contribution in [3.8, 4) is 11.5 Å². The Morgan fingerprint density at radius 2 is 1.83 bits per heavy atom. The Hall–Kier alpha value is -1.87. The van der Waals surface area contributed by atoms with Crippen LogP contribution in [0.1, 0.15) is 11.1 Å². The monoisotopic (exact) mass is 245 g/mol. The van der Waals surface area contributed by atoms with Crippen molar-refractivity contribution in [3.63, 3.8) is 0 Å². The van der Waals surface area contributed by atoms with Gasteiger partial charge in [-0.05, 0) is 49.2 Å². The number of benzene rings is 2. The maximum atomic E-state index is 13.1. The summed E-state index contributed by atoms with van der Waals surface area (Å²) in [7, 11) is 0. The first kappa shape index (κ1) is 12.6. The van der Waals surface area contributed by atoms with Gasteiger partial charge in [0.15, 0.2) is 0 Å². The first-order valence-electron chi connectivity index (χ1n) is 5.92. The van der Waals surface area contributed by atoms with Crippen molar-refractivity contribution in [1.29, 1.82) is 0 Å². The number of rotatable bonds is 4. The SMILES string of the molecule is Cc1ccc(F)cc1Oc1ccc(CCN)cc1. The minimum Gasteiger partial charge on any atom is -0.457 e. The van der Waals surface area contributed by atoms with Crippen molar-refractivity contribution in [1.82, 2.24) is 0 Å². The molecule has 2 aromatic rings. The van der Waals surface area contributed by atoms with Gasteiger partial charge in [0.2, 0.25) is 0 Å². The minimum atomic E-state index is -0.296. The van der Waals surface area contributed by atoms with Gasteiger partial charge < -0.3 is 10.5 Å². The molecule has 0 aromatic heterocycles. The highest BCUT2D eigenvalue weighted by atomic mass is 19.1. The molecule has 0 saturated heterocycles. The molecule has 0 spiro atoms. The molecular formula is C15H16FNO. The molecule has 2 nitrogen and oxygen atoms in total. The number of halogens is 1. The Balaban J connectivity index is 2.15. The van der Waals surface area contributed by atoms with Crippen molar-refractivity contribution in [2.75, 3.05) is 6.54 Å². The number of aryl methyl sites for hydroxylation is 1. The molecule has 0 unspecified atom stereocenters. The predicted octanol–water partition coefficient (Wildman–Crippen LogP) is 3.43. The Morgan fingerprint density at radius 3 is 2.50 bits per heavy atom. The molecule has 0 aliphatic carbocycles. The predicted molar refractivity (Wildman–Crippen MR) is 70.4 cm³/mol. The molecule has 0 amide bonds. The number of nitrogens with two attached hydrogens (primary N) is 1. The topological polar surface area (TPSA) is 35.2 Å². The molecule has 0 saturated carbocycles. The van der Waals surface area contributed by atoms with Crippen molar-refractivity contribution in [2.45, 2.75) is 13.3 Å². The lowest BCUT2D eigenvalue weighted by Gasteiger charge is -2.09. The second-order valence-electron chi connectivity index (χ2n) is 4.19. The standard InChI is InChI=1S/C15H16FNO/c1-11-2-5-13(16)10-15(11)18-14-6-3-12(4-7-14)8-9-17/h2-7,10H,8-9,17H2,1H3. The lowest BCUT2D eigenvalue weighted by Crippen LogP contribution is -2.02. The van der Waals surface area contributed by atoms with Gasteiger partial charge in [-0.25, -0.2) is 4.39 Å². The zero-order chi connectivity index (χ0) is 13.0. The molecule has 0 radical (unpaired) electrons. The highest BCUT2D eigenvalue weighted by Crippen LogP contribution is 2.25. The molecule has 0 heterocycles. The van der Waals surface area contributed by atoms with E-state index < -0.39 is 0 Å². The third kappa shape index (κ3) is 3.08. The van der Waals surface area contributed by atoms with Crippen LogP contribution >= 0.6 is 0 Å². The van der Waals surface area contributed by atoms with Crippen LogP contribution in [0.3, 0.4) is 0 Å². The summed E-state index contributed by atoms with van der Waals surface area (Å²) < 4.78 is 18.8. The quantitative estimate of drug-likeness (QED) is 0.895. The average molecular weight is 245 g/mol. The Bertz CT molecular complexity index is 523. The van der Waals surface area contributed by atoms with E-state index in [1.807, 2.05) is 31.2 Å². The molecular weight excluding hydrogens is 229 g/mol. The summed E-state index contributed by atoms with van der Waals surface area (Å²) in [5.41, 5.74) is 7.56. The molecule has 0 aliphatic rings. The van der Waals surface area contributed by atoms with Gasteiger partial charge >= 0.3 is 0 Å². The highest BCUT2D eigenvalue weighted by molar-refractivity contribution is 5.38. The number of hydrogen-bond donors (Lipinski definition) is 1. The van der Waals surface area contributed by atoms with E-state index in [-0.39, 0.29) is 5.82 Å². The van der Waals surface area contributed by atoms with E-state index in [2.05, 4.69) is 0 Å². The fourth-order valence-corrected chi connectivity index (χ4v) is 1.70. The Labute approximate surface area is 106 Å². The molecule has 2 aromatic carbocycles. The van der Waals surface area contributed by atoms with Gasteiger partial charge in [-0.3, -0.25) is 0 Å². The lowest BCUT2D eigenvalue weighted by atomic mass is 10.1. The summed E-state index contributed by atoms with van der Waals surface area (Å²) in [6, 6.07) is 12.2. The molecule has 3 heteroatoms. The van der Waals surface area contributed by atoms with Gasteiger partial charge in [0.1, 0.15) is 17.3 Å². The lowest BCUT2D eigenvalue weighted by molar-refractivity contribution is 0.472. The molecule has 2 N–H and O–H groups in total. The maximum absolute atomic E-state index is 13.1. The first-order chi connectivity index (χ1) is 8.69. The van der Waals surface area contributed by atoms with E-state index in [4.69, 9.17) is 10.5 Å². The number of ether oxygens (including phenoxy) is 1. The van der Waals surface area contributed by atoms with Crippen LogP contribution in [0.2, 0.25) is 0 Å². The van der Waals surface area contributed by atoms with Crippen LogP contribution in [0.4, 0.5) is 4.39 Å². The van der Waals surface area contributed by atoms with E-state index >= 15 is 0 Å². The maximum Gasteiger partial charge on any atom is 0.133 e. The Morgan fingerprint density at radius 1 is 1.11 bits per heavy atom. The first-order valence-corrected chi connectivity index (χ1v) is 5.92. The van der Waals surface area contributed by atoms with Crippen LogP contribution in [0.25, 0.3) is 0 Å². The van der Waals surface area contributed by atoms with Crippen LogP contribution < -0.4 is 10.5 Å². The van der Waals surface area contributed by atoms with E-state index in [1.54, 1.807) is 6.07 Å². The van der Waals surface area contributed by atoms with Gasteiger partial charge in [-0.1, -0.05) is 18.2 Å². The van der Waals surface area contributed by atoms with E-state index in [0.717, 1.165) is 12.0 Å². The highest BCUT2D eigenvalue weighted by Gasteiger charge is 2.03. The smallest absolute Gasteiger partial charge is 0.133 e. The normalized spacial score (nSPS) is 10.4. The van der Waals surface area contributed by atoms with Gasteiger partial charge in [-0.2, -0.15) is 0 Å². The van der Waals surface area contributed by atoms with Crippen molar-refractivity contribution in [3.05, 3.63) is 59.4 Å². The summed E-state index contributed by atoms with van der Waals surface area (Å²) in [5.74, 6) is 0.946. The second kappa shape index (κ2) is 5.65. The minimum absolute atomic E-state index is 0.296. The molecule has 94 valence electrons. The van der Waals surface area contributed by atoms with Gasteiger partial charge in [0, 0.05) is 6.07 Å². The Kier molecular flexibility index (Phi) is 3.95. The van der Waals surface area contributed by atoms with Crippen molar-refractivity contribution in [2.24, 2.45) is 5.73 Å². The molecule has 0 fully saturated rings. The summed E-state index contributed by atoms with van der Waals surface area (Å²) in [4.78, 5) is 0. The second-order valence-corrected chi connectivity index (χ2v) is 4.19. The largest absolute Gasteiger partial charge is 0.457 e. The van der Waals surface area contributed by atoms with E-state index in [1.165, 1.54) is 17.7 Å². The zero-order valence-corrected chi connectivity index (χ0v) is 10.3. The molecule has 0 atom stereocenters. The van der Waals surface area contributed by atoms with Crippen molar-refractivity contribution >= 4 is 0 Å². The summed E-state index contributed by atoms with van der Waals surface area (Å²) >= 11 is 0. The zero-order valence-electron chi connectivity index (χ0n) is 10.3. The van der Waals surface area contributed by atoms with E-state index in [0.29, 0.717) is 18.0 Å². The molecule has 2 rings (SSSR count). The molecule has 18 heavy (non-hydrogen) atoms. The third-order valence-electron chi connectivity index (χ3n) is 2.73. The average Bonchev–Trinajstić information content (AvgIpc) is 2.37. The fraction of sp³-hybridized carbons (Fsp3) is 0.200. The summed E-state index contributed by atoms with van der Waals surface area (Å²) in [6.45, 7) is 2.51. The van der Waals surface area contributed by atoms with Gasteiger partial charge in [0.25, 0.3) is 0 Å². The van der Waals surface area contributed by atoms with Crippen molar-refractivity contribution < 1.29 is 9.13 Å².